The van der Waals surface area contributed by atoms with Gasteiger partial charge in [0.2, 0.25) is 0 Å². The summed E-state index contributed by atoms with van der Waals surface area (Å²) < 4.78 is 0. The van der Waals surface area contributed by atoms with Crippen molar-refractivity contribution in [3.8, 4) is 0 Å². The molecule has 0 rings (SSSR count). The van der Waals surface area contributed by atoms with Crippen molar-refractivity contribution in [3.63, 3.8) is 0 Å². The van der Waals surface area contributed by atoms with Gasteiger partial charge in [0, 0.05) is 0 Å². The Bertz CT molecular complexity index is 168. The zero-order chi connectivity index (χ0) is 9.02. The van der Waals surface area contributed by atoms with Crippen molar-refractivity contribution in [2.24, 2.45) is 5.92 Å². The fourth-order valence-electron chi connectivity index (χ4n) is 0.468. The van der Waals surface area contributed by atoms with Crippen molar-refractivity contribution in [2.45, 2.75) is 5.38 Å². The summed E-state index contributed by atoms with van der Waals surface area (Å²) in [5.41, 5.74) is 0. The van der Waals surface area contributed by atoms with Crippen molar-refractivity contribution in [1.82, 2.24) is 0 Å². The SMILES string of the molecule is O=C(O)C(Cl)C(CO)C(=O)O. The molecule has 0 saturated carbocycles. The third kappa shape index (κ3) is 2.73. The number of aliphatic hydroxyl groups excluding tert-OH is 1. The van der Waals surface area contributed by atoms with Crippen LogP contribution in [0.4, 0.5) is 0 Å². The summed E-state index contributed by atoms with van der Waals surface area (Å²) in [5.74, 6) is -4.32. The number of aliphatic carboxylic acids is 2. The average molecular weight is 183 g/mol. The highest BCUT2D eigenvalue weighted by molar-refractivity contribution is 6.31. The zero-order valence-corrected chi connectivity index (χ0v) is 6.15. The standard InChI is InChI=1S/C5H7ClO5/c6-3(5(10)11)2(1-7)4(8)9/h2-3,7H,1H2,(H,8,9)(H,10,11). The van der Waals surface area contributed by atoms with E-state index in [1.165, 1.54) is 0 Å². The predicted molar refractivity (Wildman–Crippen MR) is 35.5 cm³/mol. The van der Waals surface area contributed by atoms with E-state index in [1.807, 2.05) is 0 Å². The summed E-state index contributed by atoms with van der Waals surface area (Å²) in [6.45, 7) is -0.782. The van der Waals surface area contributed by atoms with Gasteiger partial charge in [-0.15, -0.1) is 11.6 Å². The van der Waals surface area contributed by atoms with Crippen LogP contribution in [0.25, 0.3) is 0 Å². The maximum absolute atomic E-state index is 10.2. The molecule has 5 nitrogen and oxygen atoms in total. The molecule has 64 valence electrons. The number of carboxylic acid groups (broad SMARTS) is 2. The minimum Gasteiger partial charge on any atom is -0.481 e. The summed E-state index contributed by atoms with van der Waals surface area (Å²) in [6.07, 6.45) is 0. The minimum atomic E-state index is -1.59. The molecule has 0 spiro atoms. The van der Waals surface area contributed by atoms with Crippen LogP contribution in [0.2, 0.25) is 0 Å². The van der Waals surface area contributed by atoms with E-state index >= 15 is 0 Å². The number of aliphatic hydroxyl groups is 1. The van der Waals surface area contributed by atoms with Gasteiger partial charge in [0.05, 0.1) is 6.61 Å². The topological polar surface area (TPSA) is 94.8 Å². The molecule has 0 heterocycles. The van der Waals surface area contributed by atoms with Crippen LogP contribution in [-0.2, 0) is 9.59 Å². The monoisotopic (exact) mass is 182 g/mol. The number of halogens is 1. The first-order valence-electron chi connectivity index (χ1n) is 2.71. The first kappa shape index (κ1) is 10.2. The number of carbonyl (C=O) groups is 2. The number of rotatable bonds is 4. The van der Waals surface area contributed by atoms with Crippen molar-refractivity contribution in [2.75, 3.05) is 6.61 Å². The molecule has 0 aromatic rings. The molecule has 0 radical (unpaired) electrons. The van der Waals surface area contributed by atoms with Crippen molar-refractivity contribution >= 4 is 23.5 Å². The van der Waals surface area contributed by atoms with Crippen molar-refractivity contribution < 1.29 is 24.9 Å². The highest BCUT2D eigenvalue weighted by atomic mass is 35.5. The maximum Gasteiger partial charge on any atom is 0.322 e. The lowest BCUT2D eigenvalue weighted by atomic mass is 10.1. The summed E-state index contributed by atoms with van der Waals surface area (Å²) in [4.78, 5) is 20.3. The molecule has 0 aromatic heterocycles. The Hall–Kier alpha value is -0.810. The van der Waals surface area contributed by atoms with Crippen LogP contribution < -0.4 is 0 Å². The van der Waals surface area contributed by atoms with E-state index < -0.39 is 29.8 Å². The Labute approximate surface area is 67.2 Å². The van der Waals surface area contributed by atoms with Gasteiger partial charge in [-0.1, -0.05) is 0 Å². The third-order valence-corrected chi connectivity index (χ3v) is 1.59. The Morgan fingerprint density at radius 1 is 1.27 bits per heavy atom. The molecule has 0 fully saturated rings. The Balaban J connectivity index is 4.25. The highest BCUT2D eigenvalue weighted by Crippen LogP contribution is 2.10. The highest BCUT2D eigenvalue weighted by Gasteiger charge is 2.31. The van der Waals surface area contributed by atoms with Gasteiger partial charge in [0.25, 0.3) is 0 Å². The van der Waals surface area contributed by atoms with Crippen molar-refractivity contribution in [3.05, 3.63) is 0 Å². The Kier molecular flexibility index (Phi) is 3.84. The molecule has 2 unspecified atom stereocenters. The molecule has 0 aliphatic carbocycles. The van der Waals surface area contributed by atoms with E-state index in [4.69, 9.17) is 26.9 Å². The second kappa shape index (κ2) is 4.15. The fourth-order valence-corrected chi connectivity index (χ4v) is 0.655. The molecular formula is C5H7ClO5. The van der Waals surface area contributed by atoms with Gasteiger partial charge in [0.1, 0.15) is 11.3 Å². The molecular weight excluding hydrogens is 176 g/mol. The van der Waals surface area contributed by atoms with Gasteiger partial charge >= 0.3 is 11.9 Å². The van der Waals surface area contributed by atoms with Crippen LogP contribution in [0, 0.1) is 5.92 Å². The fraction of sp³-hybridized carbons (Fsp3) is 0.600. The van der Waals surface area contributed by atoms with Crippen LogP contribution in [-0.4, -0.2) is 39.2 Å². The van der Waals surface area contributed by atoms with Crippen LogP contribution in [0.15, 0.2) is 0 Å². The molecule has 6 heteroatoms. The minimum absolute atomic E-state index is 0.782. The molecule has 3 N–H and O–H groups in total. The number of alkyl halides is 1. The quantitative estimate of drug-likeness (QED) is 0.504. The second-order valence-electron chi connectivity index (χ2n) is 1.87. The van der Waals surface area contributed by atoms with Crippen LogP contribution in [0.3, 0.4) is 0 Å². The Morgan fingerprint density at radius 2 is 1.73 bits per heavy atom. The number of carboxylic acids is 2. The predicted octanol–water partition coefficient (Wildman–Crippen LogP) is -0.628. The summed E-state index contributed by atoms with van der Waals surface area (Å²) in [5, 5.41) is 23.3. The van der Waals surface area contributed by atoms with Gasteiger partial charge in [-0.05, 0) is 0 Å². The third-order valence-electron chi connectivity index (χ3n) is 1.10. The summed E-state index contributed by atoms with van der Waals surface area (Å²) in [6, 6.07) is 0. The molecule has 0 aliphatic heterocycles. The largest absolute Gasteiger partial charge is 0.481 e. The van der Waals surface area contributed by atoms with E-state index in [0.717, 1.165) is 0 Å². The van der Waals surface area contributed by atoms with E-state index in [0.29, 0.717) is 0 Å². The van der Waals surface area contributed by atoms with Gasteiger partial charge < -0.3 is 15.3 Å². The number of hydrogen-bond donors (Lipinski definition) is 3. The average Bonchev–Trinajstić information content (AvgIpc) is 1.88. The van der Waals surface area contributed by atoms with E-state index in [1.54, 1.807) is 0 Å². The van der Waals surface area contributed by atoms with Gasteiger partial charge in [-0.3, -0.25) is 9.59 Å². The lowest BCUT2D eigenvalue weighted by Crippen LogP contribution is -2.33. The first-order chi connectivity index (χ1) is 5.00. The van der Waals surface area contributed by atoms with Crippen LogP contribution in [0.1, 0.15) is 0 Å². The normalized spacial score (nSPS) is 15.5. The summed E-state index contributed by atoms with van der Waals surface area (Å²) in [7, 11) is 0. The van der Waals surface area contributed by atoms with E-state index in [9.17, 15) is 9.59 Å². The van der Waals surface area contributed by atoms with E-state index in [-0.39, 0.29) is 0 Å². The number of hydrogen-bond acceptors (Lipinski definition) is 3. The Morgan fingerprint density at radius 3 is 1.82 bits per heavy atom. The molecule has 2 atom stereocenters. The zero-order valence-electron chi connectivity index (χ0n) is 5.40. The molecule has 0 amide bonds. The van der Waals surface area contributed by atoms with Crippen molar-refractivity contribution in [1.29, 1.82) is 0 Å². The molecule has 0 saturated heterocycles. The van der Waals surface area contributed by atoms with E-state index in [2.05, 4.69) is 0 Å². The van der Waals surface area contributed by atoms with Crippen LogP contribution >= 0.6 is 11.6 Å². The van der Waals surface area contributed by atoms with Gasteiger partial charge in [0.15, 0.2) is 0 Å². The summed E-state index contributed by atoms with van der Waals surface area (Å²) >= 11 is 5.14. The molecule has 0 aromatic carbocycles. The van der Waals surface area contributed by atoms with Gasteiger partial charge in [-0.2, -0.15) is 0 Å². The maximum atomic E-state index is 10.2. The lowest BCUT2D eigenvalue weighted by Gasteiger charge is -2.10. The smallest absolute Gasteiger partial charge is 0.322 e. The molecule has 0 aliphatic rings. The molecule has 0 bridgehead atoms. The van der Waals surface area contributed by atoms with Crippen LogP contribution in [0.5, 0.6) is 0 Å². The first-order valence-corrected chi connectivity index (χ1v) is 3.15. The molecule has 11 heavy (non-hydrogen) atoms. The lowest BCUT2D eigenvalue weighted by molar-refractivity contribution is -0.149. The second-order valence-corrected chi connectivity index (χ2v) is 2.34. The van der Waals surface area contributed by atoms with Gasteiger partial charge in [-0.25, -0.2) is 0 Å².